The Hall–Kier alpha value is -2.53. The van der Waals surface area contributed by atoms with Crippen molar-refractivity contribution in [2.75, 3.05) is 18.0 Å². The Balaban J connectivity index is 1.84. The summed E-state index contributed by atoms with van der Waals surface area (Å²) in [5.41, 5.74) is 0.130. The van der Waals surface area contributed by atoms with Gasteiger partial charge in [-0.15, -0.1) is 5.10 Å². The molecule has 2 heterocycles. The number of nitrogens with zero attached hydrogens (tertiary/aromatic N) is 5. The van der Waals surface area contributed by atoms with Gasteiger partial charge in [0.25, 0.3) is 5.69 Å². The average Bonchev–Trinajstić information content (AvgIpc) is 3.08. The molecule has 0 radical (unpaired) electrons. The minimum absolute atomic E-state index is 0.200. The zero-order valence-electron chi connectivity index (χ0n) is 12.6. The van der Waals surface area contributed by atoms with Crippen LogP contribution in [0.3, 0.4) is 0 Å². The lowest BCUT2D eigenvalue weighted by Crippen LogP contribution is -2.35. The van der Waals surface area contributed by atoms with Crippen LogP contribution in [-0.2, 0) is 10.0 Å². The van der Waals surface area contributed by atoms with E-state index in [4.69, 9.17) is 5.14 Å². The summed E-state index contributed by atoms with van der Waals surface area (Å²) in [4.78, 5) is 12.3. The molecule has 0 unspecified atom stereocenters. The van der Waals surface area contributed by atoms with E-state index in [1.807, 2.05) is 4.90 Å². The number of hydrogen-bond donors (Lipinski definition) is 1. The molecule has 1 saturated heterocycles. The minimum atomic E-state index is -3.99. The maximum Gasteiger partial charge on any atom is 0.293 e. The highest BCUT2D eigenvalue weighted by Gasteiger charge is 2.27. The molecule has 0 saturated carbocycles. The van der Waals surface area contributed by atoms with E-state index in [9.17, 15) is 18.5 Å². The normalized spacial score (nSPS) is 16.3. The summed E-state index contributed by atoms with van der Waals surface area (Å²) in [6.45, 7) is 1.19. The number of rotatable bonds is 4. The van der Waals surface area contributed by atoms with Gasteiger partial charge in [0, 0.05) is 25.4 Å². The van der Waals surface area contributed by atoms with Crippen LogP contribution in [0.4, 0.5) is 11.4 Å². The fourth-order valence-corrected chi connectivity index (χ4v) is 3.41. The second kappa shape index (κ2) is 6.17. The fourth-order valence-electron chi connectivity index (χ4n) is 2.88. The van der Waals surface area contributed by atoms with Gasteiger partial charge in [-0.2, -0.15) is 0 Å². The molecule has 128 valence electrons. The van der Waals surface area contributed by atoms with Crippen LogP contribution in [0.25, 0.3) is 0 Å². The Morgan fingerprint density at radius 2 is 2.00 bits per heavy atom. The summed E-state index contributed by atoms with van der Waals surface area (Å²) < 4.78 is 24.6. The van der Waals surface area contributed by atoms with Gasteiger partial charge in [0.1, 0.15) is 5.69 Å². The smallest absolute Gasteiger partial charge is 0.293 e. The van der Waals surface area contributed by atoms with Gasteiger partial charge in [0.05, 0.1) is 22.1 Å². The maximum absolute atomic E-state index is 11.4. The standard InChI is InChI=1S/C13H16N6O4S/c14-24(22,23)11-1-2-12(13(9-11)19(20)21)17-6-3-10(4-7-17)18-8-5-15-16-18/h1-2,5,8-10H,3-4,6-7H2,(H2,14,22,23). The quantitative estimate of drug-likeness (QED) is 0.630. The number of benzene rings is 1. The number of primary sulfonamides is 1. The van der Waals surface area contributed by atoms with E-state index in [0.29, 0.717) is 18.8 Å². The Bertz CT molecular complexity index is 843. The number of aromatic nitrogens is 3. The summed E-state index contributed by atoms with van der Waals surface area (Å²) in [5, 5.41) is 24.1. The Morgan fingerprint density at radius 1 is 1.29 bits per heavy atom. The number of anilines is 1. The van der Waals surface area contributed by atoms with Crippen LogP contribution in [-0.4, -0.2) is 41.4 Å². The van der Waals surface area contributed by atoms with Crippen molar-refractivity contribution in [3.63, 3.8) is 0 Å². The Morgan fingerprint density at radius 3 is 2.54 bits per heavy atom. The average molecular weight is 352 g/mol. The summed E-state index contributed by atoms with van der Waals surface area (Å²) in [7, 11) is -3.99. The highest BCUT2D eigenvalue weighted by molar-refractivity contribution is 7.89. The molecule has 1 aliphatic heterocycles. The van der Waals surface area contributed by atoms with Crippen LogP contribution >= 0.6 is 0 Å². The lowest BCUT2D eigenvalue weighted by atomic mass is 10.0. The molecule has 0 aliphatic carbocycles. The van der Waals surface area contributed by atoms with Crippen LogP contribution in [0.15, 0.2) is 35.5 Å². The second-order valence-corrected chi connectivity index (χ2v) is 7.12. The summed E-state index contributed by atoms with van der Waals surface area (Å²) in [5.74, 6) is 0. The molecule has 0 atom stereocenters. The molecule has 2 aromatic rings. The number of sulfonamides is 1. The van der Waals surface area contributed by atoms with E-state index in [1.54, 1.807) is 17.1 Å². The molecule has 1 aromatic heterocycles. The van der Waals surface area contributed by atoms with Crippen LogP contribution in [0.1, 0.15) is 18.9 Å². The van der Waals surface area contributed by atoms with Crippen molar-refractivity contribution in [2.45, 2.75) is 23.8 Å². The van der Waals surface area contributed by atoms with E-state index >= 15 is 0 Å². The Kier molecular flexibility index (Phi) is 4.20. The number of piperidine rings is 1. The van der Waals surface area contributed by atoms with Crippen molar-refractivity contribution in [3.05, 3.63) is 40.7 Å². The lowest BCUT2D eigenvalue weighted by Gasteiger charge is -2.33. The van der Waals surface area contributed by atoms with E-state index in [1.165, 1.54) is 12.1 Å². The first-order chi connectivity index (χ1) is 11.4. The van der Waals surface area contributed by atoms with Crippen molar-refractivity contribution in [2.24, 2.45) is 5.14 Å². The first-order valence-electron chi connectivity index (χ1n) is 7.28. The molecule has 0 spiro atoms. The molecule has 2 N–H and O–H groups in total. The minimum Gasteiger partial charge on any atom is -0.366 e. The molecule has 1 aliphatic rings. The molecule has 0 bridgehead atoms. The zero-order valence-corrected chi connectivity index (χ0v) is 13.5. The van der Waals surface area contributed by atoms with Gasteiger partial charge < -0.3 is 4.90 Å². The molecule has 1 aromatic carbocycles. The second-order valence-electron chi connectivity index (χ2n) is 5.55. The monoisotopic (exact) mass is 352 g/mol. The van der Waals surface area contributed by atoms with Crippen molar-refractivity contribution in [1.29, 1.82) is 0 Å². The van der Waals surface area contributed by atoms with Gasteiger partial charge in [-0.05, 0) is 25.0 Å². The molecule has 1 fully saturated rings. The van der Waals surface area contributed by atoms with Gasteiger partial charge in [-0.1, -0.05) is 5.21 Å². The van der Waals surface area contributed by atoms with Crippen LogP contribution in [0.2, 0.25) is 0 Å². The molecule has 11 heteroatoms. The predicted octanol–water partition coefficient (Wildman–Crippen LogP) is 0.675. The van der Waals surface area contributed by atoms with Crippen LogP contribution in [0, 0.1) is 10.1 Å². The molecule has 3 rings (SSSR count). The van der Waals surface area contributed by atoms with E-state index in [0.717, 1.165) is 18.9 Å². The summed E-state index contributed by atoms with van der Waals surface area (Å²) in [6, 6.07) is 3.94. The third-order valence-corrected chi connectivity index (χ3v) is 5.00. The first kappa shape index (κ1) is 16.3. The maximum atomic E-state index is 11.4. The molecule has 10 nitrogen and oxygen atoms in total. The lowest BCUT2D eigenvalue weighted by molar-refractivity contribution is -0.384. The van der Waals surface area contributed by atoms with E-state index in [2.05, 4.69) is 10.3 Å². The van der Waals surface area contributed by atoms with Gasteiger partial charge in [0.15, 0.2) is 0 Å². The zero-order chi connectivity index (χ0) is 17.3. The number of nitro groups is 1. The van der Waals surface area contributed by atoms with Crippen molar-refractivity contribution in [3.8, 4) is 0 Å². The first-order valence-corrected chi connectivity index (χ1v) is 8.83. The van der Waals surface area contributed by atoms with Gasteiger partial charge in [0.2, 0.25) is 10.0 Å². The fraction of sp³-hybridized carbons (Fsp3) is 0.385. The van der Waals surface area contributed by atoms with Gasteiger partial charge in [-0.3, -0.25) is 10.1 Å². The van der Waals surface area contributed by atoms with Gasteiger partial charge >= 0.3 is 0 Å². The van der Waals surface area contributed by atoms with E-state index < -0.39 is 14.9 Å². The molecular formula is C13H16N6O4S. The number of nitro benzene ring substituents is 1. The third-order valence-electron chi connectivity index (χ3n) is 4.09. The SMILES string of the molecule is NS(=O)(=O)c1ccc(N2CCC(n3ccnn3)CC2)c([N+](=O)[O-])c1. The van der Waals surface area contributed by atoms with E-state index in [-0.39, 0.29) is 16.6 Å². The highest BCUT2D eigenvalue weighted by Crippen LogP contribution is 2.34. The van der Waals surface area contributed by atoms with Crippen molar-refractivity contribution >= 4 is 21.4 Å². The number of hydrogen-bond acceptors (Lipinski definition) is 7. The number of nitrogens with two attached hydrogens (primary N) is 1. The van der Waals surface area contributed by atoms with Crippen molar-refractivity contribution in [1.82, 2.24) is 15.0 Å². The molecule has 24 heavy (non-hydrogen) atoms. The predicted molar refractivity (Wildman–Crippen MR) is 85.0 cm³/mol. The van der Waals surface area contributed by atoms with Gasteiger partial charge in [-0.25, -0.2) is 18.2 Å². The highest BCUT2D eigenvalue weighted by atomic mass is 32.2. The van der Waals surface area contributed by atoms with Crippen LogP contribution < -0.4 is 10.0 Å². The summed E-state index contributed by atoms with van der Waals surface area (Å²) >= 11 is 0. The largest absolute Gasteiger partial charge is 0.366 e. The van der Waals surface area contributed by atoms with Crippen molar-refractivity contribution < 1.29 is 13.3 Å². The molecule has 0 amide bonds. The summed E-state index contributed by atoms with van der Waals surface area (Å²) in [6.07, 6.45) is 4.93. The third kappa shape index (κ3) is 3.21. The molecular weight excluding hydrogens is 336 g/mol. The topological polar surface area (TPSA) is 137 Å². The van der Waals surface area contributed by atoms with Crippen LogP contribution in [0.5, 0.6) is 0 Å². The Labute approximate surface area is 138 Å².